The fourth-order valence-electron chi connectivity index (χ4n) is 1.85. The first kappa shape index (κ1) is 45.0. The number of esters is 2. The molecule has 7 nitrogen and oxygen atoms in total. The number of carbonyl (C=O) groups is 2. The molecule has 0 fully saturated rings. The molecular formula is C27H53Br2NO6. The zero-order valence-corrected chi connectivity index (χ0v) is 26.1. The van der Waals surface area contributed by atoms with Crippen molar-refractivity contribution >= 4 is 43.8 Å². The number of aliphatic hydroxyl groups excluding tert-OH is 1. The summed E-state index contributed by atoms with van der Waals surface area (Å²) in [6, 6.07) is 1.75. The summed E-state index contributed by atoms with van der Waals surface area (Å²) in [5.74, 6) is -0.560. The average molecular weight is 648 g/mol. The molecule has 0 amide bonds. The van der Waals surface area contributed by atoms with Crippen molar-refractivity contribution in [3.8, 4) is 6.07 Å². The average Bonchev–Trinajstić information content (AvgIpc) is 2.72. The van der Waals surface area contributed by atoms with Crippen LogP contribution < -0.4 is 0 Å². The number of hydrogen-bond acceptors (Lipinski definition) is 7. The number of alkyl halides is 2. The number of unbranched alkanes of at least 4 members (excludes halogenated alkanes) is 4. The monoisotopic (exact) mass is 645 g/mol. The van der Waals surface area contributed by atoms with E-state index in [1.54, 1.807) is 6.07 Å². The fourth-order valence-corrected chi connectivity index (χ4v) is 2.65. The number of halogens is 2. The predicted molar refractivity (Wildman–Crippen MR) is 158 cm³/mol. The quantitative estimate of drug-likeness (QED) is 0.0954. The van der Waals surface area contributed by atoms with Gasteiger partial charge < -0.3 is 19.3 Å². The normalized spacial score (nSPS) is 9.81. The lowest BCUT2D eigenvalue weighted by Crippen LogP contribution is -2.24. The third-order valence-corrected chi connectivity index (χ3v) is 4.28. The lowest BCUT2D eigenvalue weighted by molar-refractivity contribution is -0.156. The number of ether oxygens (including phenoxy) is 3. The second-order valence-electron chi connectivity index (χ2n) is 9.13. The van der Waals surface area contributed by atoms with Gasteiger partial charge in [0.1, 0.15) is 11.2 Å². The van der Waals surface area contributed by atoms with Gasteiger partial charge in [-0.1, -0.05) is 58.7 Å². The zero-order valence-electron chi connectivity index (χ0n) is 23.0. The molecule has 0 aliphatic carbocycles. The van der Waals surface area contributed by atoms with Crippen LogP contribution in [0.25, 0.3) is 0 Å². The molecular weight excluding hydrogens is 594 g/mol. The van der Waals surface area contributed by atoms with Crippen molar-refractivity contribution in [2.45, 2.75) is 112 Å². The van der Waals surface area contributed by atoms with Crippen LogP contribution in [0, 0.1) is 11.3 Å². The van der Waals surface area contributed by atoms with Gasteiger partial charge in [0.25, 0.3) is 0 Å². The number of nitriles is 1. The summed E-state index contributed by atoms with van der Waals surface area (Å²) in [5.41, 5.74) is -0.793. The van der Waals surface area contributed by atoms with Gasteiger partial charge in [0.2, 0.25) is 0 Å². The topological polar surface area (TPSA) is 106 Å². The van der Waals surface area contributed by atoms with Crippen LogP contribution in [-0.4, -0.2) is 58.7 Å². The minimum atomic E-state index is -0.398. The van der Waals surface area contributed by atoms with Crippen LogP contribution in [0.4, 0.5) is 0 Å². The van der Waals surface area contributed by atoms with E-state index in [1.807, 2.05) is 41.5 Å². The van der Waals surface area contributed by atoms with E-state index in [9.17, 15) is 9.59 Å². The minimum absolute atomic E-state index is 0. The Labute approximate surface area is 238 Å². The van der Waals surface area contributed by atoms with E-state index < -0.39 is 11.2 Å². The molecule has 0 unspecified atom stereocenters. The van der Waals surface area contributed by atoms with E-state index in [2.05, 4.69) is 38.4 Å². The molecule has 0 aromatic carbocycles. The van der Waals surface area contributed by atoms with E-state index in [-0.39, 0.29) is 19.4 Å². The van der Waals surface area contributed by atoms with Crippen LogP contribution in [0.3, 0.4) is 0 Å². The highest BCUT2D eigenvalue weighted by Gasteiger charge is 2.15. The summed E-state index contributed by atoms with van der Waals surface area (Å²) in [7, 11) is 0. The van der Waals surface area contributed by atoms with Crippen LogP contribution in [0.2, 0.25) is 0 Å². The number of nitrogens with zero attached hydrogens (tertiary/aromatic N) is 1. The minimum Gasteiger partial charge on any atom is -0.460 e. The van der Waals surface area contributed by atoms with E-state index in [0.717, 1.165) is 49.0 Å². The first-order valence-corrected chi connectivity index (χ1v) is 14.2. The molecule has 0 rings (SSSR count). The summed E-state index contributed by atoms with van der Waals surface area (Å²) >= 11 is 6.68. The molecule has 0 aromatic rings. The highest BCUT2D eigenvalue weighted by molar-refractivity contribution is 9.09. The molecule has 0 radical (unpaired) electrons. The Morgan fingerprint density at radius 3 is 1.67 bits per heavy atom. The Hall–Kier alpha value is -0.950. The molecule has 36 heavy (non-hydrogen) atoms. The molecule has 0 aromatic heterocycles. The standard InChI is InChI=1S/C12H23BrO3.C7H12O2.C5H11BrO.C2H3N.CH4/c1-12(2,3)16-11(14)7-10-15-9-6-4-5-8-13;1-5-6(8)9-7(2,3)4;6-4-2-1-3-5-7;1-2-3;/h4-10H2,1-3H3;5H,1H2,2-4H3;7H,1-5H2;1H3;1H4. The van der Waals surface area contributed by atoms with Crippen molar-refractivity contribution in [2.24, 2.45) is 0 Å². The highest BCUT2D eigenvalue weighted by atomic mass is 79.9. The van der Waals surface area contributed by atoms with Gasteiger partial charge >= 0.3 is 11.9 Å². The molecule has 0 aliphatic rings. The molecule has 216 valence electrons. The van der Waals surface area contributed by atoms with Gasteiger partial charge in [0.05, 0.1) is 19.1 Å². The number of aliphatic hydroxyl groups is 1. The van der Waals surface area contributed by atoms with Crippen molar-refractivity contribution in [2.75, 3.05) is 30.5 Å². The maximum atomic E-state index is 11.3. The highest BCUT2D eigenvalue weighted by Crippen LogP contribution is 2.08. The number of hydrogen-bond donors (Lipinski definition) is 1. The molecule has 0 spiro atoms. The summed E-state index contributed by atoms with van der Waals surface area (Å²) in [4.78, 5) is 21.8. The van der Waals surface area contributed by atoms with Crippen molar-refractivity contribution < 1.29 is 28.9 Å². The van der Waals surface area contributed by atoms with Crippen molar-refractivity contribution in [3.63, 3.8) is 0 Å². The van der Waals surface area contributed by atoms with Gasteiger partial charge in [-0.2, -0.15) is 5.26 Å². The van der Waals surface area contributed by atoms with Crippen molar-refractivity contribution in [1.82, 2.24) is 0 Å². The first-order chi connectivity index (χ1) is 16.2. The predicted octanol–water partition coefficient (Wildman–Crippen LogP) is 7.52. The molecule has 0 atom stereocenters. The Kier molecular flexibility index (Phi) is 40.1. The second-order valence-corrected chi connectivity index (χ2v) is 10.7. The lowest BCUT2D eigenvalue weighted by Gasteiger charge is -2.19. The van der Waals surface area contributed by atoms with Gasteiger partial charge in [0, 0.05) is 36.9 Å². The Morgan fingerprint density at radius 2 is 1.33 bits per heavy atom. The third-order valence-electron chi connectivity index (χ3n) is 3.16. The SMILES string of the molecule is C.C=CC(=O)OC(C)(C)C.CC#N.CC(C)(C)OC(=O)CCOCCCCCBr.OCCCCCBr. The molecule has 0 saturated heterocycles. The molecule has 1 N–H and O–H groups in total. The van der Waals surface area contributed by atoms with Crippen LogP contribution in [0.5, 0.6) is 0 Å². The smallest absolute Gasteiger partial charge is 0.330 e. The third kappa shape index (κ3) is 58.7. The van der Waals surface area contributed by atoms with Crippen LogP contribution in [0.15, 0.2) is 12.7 Å². The summed E-state index contributed by atoms with van der Waals surface area (Å²) in [6.07, 6.45) is 8.17. The molecule has 0 aliphatic heterocycles. The largest absolute Gasteiger partial charge is 0.460 e. The van der Waals surface area contributed by atoms with Gasteiger partial charge in [-0.3, -0.25) is 4.79 Å². The van der Waals surface area contributed by atoms with Crippen molar-refractivity contribution in [3.05, 3.63) is 12.7 Å². The van der Waals surface area contributed by atoms with Gasteiger partial charge in [0.15, 0.2) is 0 Å². The van der Waals surface area contributed by atoms with E-state index >= 15 is 0 Å². The molecule has 9 heteroatoms. The van der Waals surface area contributed by atoms with E-state index in [4.69, 9.17) is 24.6 Å². The lowest BCUT2D eigenvalue weighted by atomic mass is 10.2. The van der Waals surface area contributed by atoms with E-state index in [1.165, 1.54) is 19.8 Å². The first-order valence-electron chi connectivity index (χ1n) is 11.9. The Balaban J connectivity index is -0.000000136. The number of rotatable bonds is 13. The van der Waals surface area contributed by atoms with Crippen LogP contribution in [0.1, 0.15) is 101 Å². The maximum Gasteiger partial charge on any atom is 0.330 e. The second kappa shape index (κ2) is 32.1. The molecule has 0 bridgehead atoms. The van der Waals surface area contributed by atoms with Crippen LogP contribution in [-0.2, 0) is 23.8 Å². The van der Waals surface area contributed by atoms with Gasteiger partial charge in [-0.05, 0) is 67.2 Å². The summed E-state index contributed by atoms with van der Waals surface area (Å²) in [5, 5.41) is 17.7. The Morgan fingerprint density at radius 1 is 0.889 bits per heavy atom. The molecule has 0 heterocycles. The fraction of sp³-hybridized carbons (Fsp3) is 0.815. The Bertz CT molecular complexity index is 534. The van der Waals surface area contributed by atoms with Crippen molar-refractivity contribution in [1.29, 1.82) is 5.26 Å². The van der Waals surface area contributed by atoms with E-state index in [0.29, 0.717) is 19.6 Å². The zero-order chi connectivity index (χ0) is 28.2. The summed E-state index contributed by atoms with van der Waals surface area (Å²) in [6.45, 7) is 17.3. The van der Waals surface area contributed by atoms with Crippen LogP contribution >= 0.6 is 31.9 Å². The van der Waals surface area contributed by atoms with Gasteiger partial charge in [-0.25, -0.2) is 4.79 Å². The maximum absolute atomic E-state index is 11.3. The number of carbonyl (C=O) groups excluding carboxylic acids is 2. The summed E-state index contributed by atoms with van der Waals surface area (Å²) < 4.78 is 15.3. The molecule has 0 saturated carbocycles. The van der Waals surface area contributed by atoms with Gasteiger partial charge in [-0.15, -0.1) is 0 Å².